The predicted octanol–water partition coefficient (Wildman–Crippen LogP) is 2.55. The molecule has 0 aromatic heterocycles. The molecule has 1 amide bonds. The van der Waals surface area contributed by atoms with E-state index in [0.717, 1.165) is 45.1 Å². The maximum atomic E-state index is 12.7. The van der Waals surface area contributed by atoms with E-state index in [1.165, 1.54) is 0 Å². The number of likely N-dealkylation sites (tertiary alicyclic amines) is 1. The number of carbonyl (C=O) groups is 1. The van der Waals surface area contributed by atoms with Crippen molar-refractivity contribution in [1.29, 1.82) is 0 Å². The Morgan fingerprint density at radius 2 is 1.81 bits per heavy atom. The van der Waals surface area contributed by atoms with Gasteiger partial charge in [0.25, 0.3) is 5.91 Å². The van der Waals surface area contributed by atoms with Gasteiger partial charge in [0, 0.05) is 24.1 Å². The van der Waals surface area contributed by atoms with Crippen molar-refractivity contribution in [3.63, 3.8) is 0 Å². The lowest BCUT2D eigenvalue weighted by Gasteiger charge is -2.40. The first kappa shape index (κ1) is 14.4. The Bertz CT molecular complexity index is 499. The molecule has 1 saturated carbocycles. The van der Waals surface area contributed by atoms with Crippen molar-refractivity contribution < 1.29 is 15.0 Å². The molecule has 3 rings (SSSR count). The Kier molecular flexibility index (Phi) is 4.15. The molecule has 1 aromatic carbocycles. The molecule has 0 bridgehead atoms. The van der Waals surface area contributed by atoms with Gasteiger partial charge in [-0.3, -0.25) is 4.79 Å². The van der Waals surface area contributed by atoms with Crippen LogP contribution < -0.4 is 0 Å². The molecule has 2 N–H and O–H groups in total. The van der Waals surface area contributed by atoms with Crippen LogP contribution in [-0.4, -0.2) is 39.7 Å². The standard InChI is InChI=1S/C17H23NO3/c19-13-9-7-12(8-10-13)17(21)18-11-2-1-5-15(18)14-4-3-6-16(14)20/h7-10,14-16,19-20H,1-6,11H2. The Morgan fingerprint density at radius 3 is 2.48 bits per heavy atom. The van der Waals surface area contributed by atoms with Crippen LogP contribution in [-0.2, 0) is 0 Å². The topological polar surface area (TPSA) is 60.8 Å². The molecule has 0 spiro atoms. The van der Waals surface area contributed by atoms with Crippen LogP contribution >= 0.6 is 0 Å². The van der Waals surface area contributed by atoms with E-state index in [0.29, 0.717) is 5.56 Å². The molecule has 1 heterocycles. The lowest BCUT2D eigenvalue weighted by molar-refractivity contribution is 0.0288. The summed E-state index contributed by atoms with van der Waals surface area (Å²) in [4.78, 5) is 14.7. The molecule has 3 atom stereocenters. The van der Waals surface area contributed by atoms with Crippen molar-refractivity contribution in [2.24, 2.45) is 5.92 Å². The number of carbonyl (C=O) groups excluding carboxylic acids is 1. The molecule has 0 radical (unpaired) electrons. The monoisotopic (exact) mass is 289 g/mol. The molecule has 4 nitrogen and oxygen atoms in total. The Labute approximate surface area is 125 Å². The first-order chi connectivity index (χ1) is 10.2. The molecule has 4 heteroatoms. The van der Waals surface area contributed by atoms with E-state index >= 15 is 0 Å². The Balaban J connectivity index is 1.80. The predicted molar refractivity (Wildman–Crippen MR) is 80.1 cm³/mol. The summed E-state index contributed by atoms with van der Waals surface area (Å²) in [5, 5.41) is 19.5. The normalized spacial score (nSPS) is 29.6. The van der Waals surface area contributed by atoms with Crippen molar-refractivity contribution in [2.45, 2.75) is 50.7 Å². The molecule has 1 saturated heterocycles. The van der Waals surface area contributed by atoms with Crippen LogP contribution in [0.4, 0.5) is 0 Å². The van der Waals surface area contributed by atoms with Gasteiger partial charge in [-0.15, -0.1) is 0 Å². The number of hydrogen-bond donors (Lipinski definition) is 2. The zero-order chi connectivity index (χ0) is 14.8. The van der Waals surface area contributed by atoms with Crippen LogP contribution in [0, 0.1) is 5.92 Å². The van der Waals surface area contributed by atoms with Gasteiger partial charge in [-0.1, -0.05) is 6.42 Å². The van der Waals surface area contributed by atoms with E-state index < -0.39 is 0 Å². The quantitative estimate of drug-likeness (QED) is 0.879. The minimum atomic E-state index is -0.261. The van der Waals surface area contributed by atoms with Crippen molar-refractivity contribution in [3.8, 4) is 5.75 Å². The van der Waals surface area contributed by atoms with Crippen LogP contribution in [0.2, 0.25) is 0 Å². The molecule has 1 aromatic rings. The van der Waals surface area contributed by atoms with E-state index in [1.807, 2.05) is 4.90 Å². The Hall–Kier alpha value is -1.55. The Morgan fingerprint density at radius 1 is 1.05 bits per heavy atom. The summed E-state index contributed by atoms with van der Waals surface area (Å²) in [6.45, 7) is 0.771. The van der Waals surface area contributed by atoms with Gasteiger partial charge in [-0.2, -0.15) is 0 Å². The van der Waals surface area contributed by atoms with Crippen molar-refractivity contribution in [1.82, 2.24) is 4.90 Å². The van der Waals surface area contributed by atoms with E-state index in [2.05, 4.69) is 0 Å². The van der Waals surface area contributed by atoms with Gasteiger partial charge >= 0.3 is 0 Å². The molecule has 3 unspecified atom stereocenters. The summed E-state index contributed by atoms with van der Waals surface area (Å²) >= 11 is 0. The molecule has 1 aliphatic carbocycles. The van der Waals surface area contributed by atoms with E-state index in [9.17, 15) is 15.0 Å². The molecular formula is C17H23NO3. The third-order valence-electron chi connectivity index (χ3n) is 4.95. The summed E-state index contributed by atoms with van der Waals surface area (Å²) in [6, 6.07) is 6.62. The van der Waals surface area contributed by atoms with Crippen LogP contribution in [0.5, 0.6) is 5.75 Å². The lowest BCUT2D eigenvalue weighted by Crippen LogP contribution is -2.49. The molecule has 2 aliphatic rings. The van der Waals surface area contributed by atoms with E-state index in [4.69, 9.17) is 0 Å². The maximum Gasteiger partial charge on any atom is 0.254 e. The van der Waals surface area contributed by atoms with Gasteiger partial charge in [0.15, 0.2) is 0 Å². The van der Waals surface area contributed by atoms with Crippen LogP contribution in [0.15, 0.2) is 24.3 Å². The number of piperidine rings is 1. The molecule has 114 valence electrons. The SMILES string of the molecule is O=C(c1ccc(O)cc1)N1CCCCC1C1CCCC1O. The highest BCUT2D eigenvalue weighted by Crippen LogP contribution is 2.35. The zero-order valence-electron chi connectivity index (χ0n) is 12.2. The van der Waals surface area contributed by atoms with Gasteiger partial charge in [0.1, 0.15) is 5.75 Å². The number of hydrogen-bond acceptors (Lipinski definition) is 3. The first-order valence-corrected chi connectivity index (χ1v) is 7.95. The number of nitrogens with zero attached hydrogens (tertiary/aromatic N) is 1. The van der Waals surface area contributed by atoms with E-state index in [-0.39, 0.29) is 29.7 Å². The van der Waals surface area contributed by atoms with E-state index in [1.54, 1.807) is 24.3 Å². The number of rotatable bonds is 2. The fourth-order valence-corrected chi connectivity index (χ4v) is 3.84. The number of phenols is 1. The summed E-state index contributed by atoms with van der Waals surface area (Å²) in [5.74, 6) is 0.429. The minimum Gasteiger partial charge on any atom is -0.508 e. The summed E-state index contributed by atoms with van der Waals surface area (Å²) in [5.41, 5.74) is 0.618. The van der Waals surface area contributed by atoms with Crippen molar-refractivity contribution >= 4 is 5.91 Å². The van der Waals surface area contributed by atoms with Gasteiger partial charge in [0.05, 0.1) is 6.10 Å². The van der Waals surface area contributed by atoms with Gasteiger partial charge in [-0.25, -0.2) is 0 Å². The average Bonchev–Trinajstić information content (AvgIpc) is 2.93. The lowest BCUT2D eigenvalue weighted by atomic mass is 9.87. The van der Waals surface area contributed by atoms with Crippen molar-refractivity contribution in [2.75, 3.05) is 6.54 Å². The zero-order valence-corrected chi connectivity index (χ0v) is 12.2. The van der Waals surface area contributed by atoms with Gasteiger partial charge in [-0.05, 0) is 56.4 Å². The second-order valence-corrected chi connectivity index (χ2v) is 6.27. The smallest absolute Gasteiger partial charge is 0.254 e. The number of aliphatic hydroxyl groups excluding tert-OH is 1. The molecular weight excluding hydrogens is 266 g/mol. The summed E-state index contributed by atoms with van der Waals surface area (Å²) in [7, 11) is 0. The number of aliphatic hydroxyl groups is 1. The fraction of sp³-hybridized carbons (Fsp3) is 0.588. The minimum absolute atomic E-state index is 0.0267. The van der Waals surface area contributed by atoms with Gasteiger partial charge < -0.3 is 15.1 Å². The number of benzene rings is 1. The number of phenolic OH excluding ortho intramolecular Hbond substituents is 1. The highest BCUT2D eigenvalue weighted by molar-refractivity contribution is 5.94. The van der Waals surface area contributed by atoms with Crippen LogP contribution in [0.25, 0.3) is 0 Å². The third kappa shape index (κ3) is 2.91. The maximum absolute atomic E-state index is 12.7. The van der Waals surface area contributed by atoms with Gasteiger partial charge in [0.2, 0.25) is 0 Å². The largest absolute Gasteiger partial charge is 0.508 e. The van der Waals surface area contributed by atoms with Crippen molar-refractivity contribution in [3.05, 3.63) is 29.8 Å². The highest BCUT2D eigenvalue weighted by Gasteiger charge is 2.38. The molecule has 1 aliphatic heterocycles. The molecule has 21 heavy (non-hydrogen) atoms. The molecule has 2 fully saturated rings. The highest BCUT2D eigenvalue weighted by atomic mass is 16.3. The number of aromatic hydroxyl groups is 1. The number of amides is 1. The average molecular weight is 289 g/mol. The fourth-order valence-electron chi connectivity index (χ4n) is 3.84. The first-order valence-electron chi connectivity index (χ1n) is 7.95. The van der Waals surface area contributed by atoms with Crippen LogP contribution in [0.1, 0.15) is 48.9 Å². The second-order valence-electron chi connectivity index (χ2n) is 6.27. The van der Waals surface area contributed by atoms with Crippen LogP contribution in [0.3, 0.4) is 0 Å². The summed E-state index contributed by atoms with van der Waals surface area (Å²) < 4.78 is 0. The third-order valence-corrected chi connectivity index (χ3v) is 4.95. The second kappa shape index (κ2) is 6.06. The summed E-state index contributed by atoms with van der Waals surface area (Å²) in [6.07, 6.45) is 5.84.